The highest BCUT2D eigenvalue weighted by molar-refractivity contribution is 6.32. The van der Waals surface area contributed by atoms with Crippen LogP contribution in [0.25, 0.3) is 0 Å². The molecule has 9 nitrogen and oxygen atoms in total. The second-order valence-electron chi connectivity index (χ2n) is 13.7. The molecule has 3 fully saturated rings. The predicted octanol–water partition coefficient (Wildman–Crippen LogP) is 6.17. The summed E-state index contributed by atoms with van der Waals surface area (Å²) < 4.78 is 20.2. The molecular weight excluding hydrogens is 651 g/mol. The summed E-state index contributed by atoms with van der Waals surface area (Å²) in [7, 11) is 0. The number of ketones is 1. The number of ether oxygens (including phenoxy) is 1. The fraction of sp³-hybridized carbons (Fsp3) is 0.289. The Balaban J connectivity index is 1.23. The molecule has 0 unspecified atom stereocenters. The number of Topliss-reactive ketones (excluding diaryl/α,β-unsaturated/α-hetero) is 1. The molecule has 3 aromatic carbocycles. The number of imide groups is 2. The number of phenolic OH excluding ortho intramolecular Hbond substituents is 1. The number of aromatic hydroxyl groups is 1. The van der Waals surface area contributed by atoms with Crippen molar-refractivity contribution in [3.63, 3.8) is 0 Å². The topological polar surface area (TPSA) is 121 Å². The Morgan fingerprint density at radius 2 is 1.67 bits per heavy atom. The Kier molecular flexibility index (Phi) is 6.98. The molecule has 0 radical (unpaired) electrons. The van der Waals surface area contributed by atoms with Crippen molar-refractivity contribution in [2.75, 3.05) is 9.80 Å². The first-order valence-electron chi connectivity index (χ1n) is 16.1. The van der Waals surface area contributed by atoms with Crippen molar-refractivity contribution in [3.05, 3.63) is 106 Å². The number of benzene rings is 3. The van der Waals surface area contributed by atoms with E-state index in [1.54, 1.807) is 49.6 Å². The lowest BCUT2D eigenvalue weighted by Crippen LogP contribution is -2.51. The van der Waals surface area contributed by atoms with E-state index in [-0.39, 0.29) is 41.0 Å². The first-order chi connectivity index (χ1) is 23.4. The highest BCUT2D eigenvalue weighted by Gasteiger charge is 2.68. The molecule has 11 heteroatoms. The average Bonchev–Trinajstić information content (AvgIpc) is 3.45. The van der Waals surface area contributed by atoms with Gasteiger partial charge in [0.1, 0.15) is 17.3 Å². The molecule has 1 N–H and O–H groups in total. The number of carbonyl (C=O) groups is 5. The standard InChI is InChI=1S/C38H30ClFN2O7/c1-18(43)19-3-5-22(6-4-19)41-34(45)26-10-9-25-27(32(26)36(41)47)16-28-35(46)42(23-7-11-30(40)29(39)15-23)37(48)38(28,2)33(25)21-13-20-14-24(44)8-12-31(20)49-17-21/h3-9,11-12,14-15,17,26-28,32-33,44H,10,13,16H2,1-2H3/t26-,27+,28-,32-,33-,38+/m0/s1. The van der Waals surface area contributed by atoms with Gasteiger partial charge in [-0.05, 0) is 98.8 Å². The summed E-state index contributed by atoms with van der Waals surface area (Å²) in [6.45, 7) is 3.19. The zero-order valence-corrected chi connectivity index (χ0v) is 27.2. The number of amides is 4. The molecule has 4 amide bonds. The Morgan fingerprint density at radius 3 is 2.39 bits per heavy atom. The van der Waals surface area contributed by atoms with Crippen LogP contribution in [0.4, 0.5) is 15.8 Å². The molecule has 6 atom stereocenters. The maximum atomic E-state index is 14.6. The van der Waals surface area contributed by atoms with Crippen molar-refractivity contribution in [2.24, 2.45) is 35.0 Å². The number of hydrogen-bond acceptors (Lipinski definition) is 7. The summed E-state index contributed by atoms with van der Waals surface area (Å²) in [5.74, 6) is -5.58. The van der Waals surface area contributed by atoms with E-state index in [1.807, 2.05) is 6.08 Å². The number of allylic oxidation sites excluding steroid dienone is 3. The van der Waals surface area contributed by atoms with Gasteiger partial charge in [-0.2, -0.15) is 0 Å². The molecule has 2 aliphatic carbocycles. The minimum atomic E-state index is -1.33. The highest BCUT2D eigenvalue weighted by atomic mass is 35.5. The molecule has 5 aliphatic rings. The van der Waals surface area contributed by atoms with Crippen LogP contribution in [0.1, 0.15) is 42.6 Å². The van der Waals surface area contributed by atoms with E-state index in [4.69, 9.17) is 16.3 Å². The van der Waals surface area contributed by atoms with Gasteiger partial charge < -0.3 is 9.84 Å². The molecular formula is C38H30ClFN2O7. The van der Waals surface area contributed by atoms with Gasteiger partial charge in [0, 0.05) is 23.5 Å². The van der Waals surface area contributed by atoms with Gasteiger partial charge in [-0.3, -0.25) is 28.9 Å². The van der Waals surface area contributed by atoms with E-state index in [2.05, 4.69) is 0 Å². The zero-order chi connectivity index (χ0) is 34.5. The van der Waals surface area contributed by atoms with E-state index in [1.165, 1.54) is 30.0 Å². The Morgan fingerprint density at radius 1 is 0.939 bits per heavy atom. The Labute approximate surface area is 285 Å². The summed E-state index contributed by atoms with van der Waals surface area (Å²) in [5, 5.41) is 10.0. The number of rotatable bonds is 4. The first kappa shape index (κ1) is 31.2. The van der Waals surface area contributed by atoms with Crippen molar-refractivity contribution < 1.29 is 38.2 Å². The number of nitrogens with zero attached hydrogens (tertiary/aromatic N) is 2. The monoisotopic (exact) mass is 680 g/mol. The molecule has 0 spiro atoms. The summed E-state index contributed by atoms with van der Waals surface area (Å²) in [6, 6.07) is 14.8. The molecule has 1 saturated carbocycles. The maximum Gasteiger partial charge on any atom is 0.241 e. The number of phenols is 1. The SMILES string of the molecule is CC(=O)c1ccc(N2C(=O)[C@H]3[C@H](CC=C4[C@H](C5=COc6ccc(O)cc6C5)[C@]5(C)C(=O)N(c6ccc(F)c(Cl)c6)C(=O)[C@@H]5C[C@H]43)C2=O)cc1. The smallest absolute Gasteiger partial charge is 0.241 e. The summed E-state index contributed by atoms with van der Waals surface area (Å²) in [4.78, 5) is 71.3. The van der Waals surface area contributed by atoms with Gasteiger partial charge in [0.15, 0.2) is 5.78 Å². The molecule has 3 aromatic rings. The van der Waals surface area contributed by atoms with Crippen LogP contribution in [0.15, 0.2) is 84.1 Å². The third-order valence-electron chi connectivity index (χ3n) is 11.1. The van der Waals surface area contributed by atoms with E-state index in [9.17, 15) is 33.5 Å². The number of hydrogen-bond donors (Lipinski definition) is 1. The van der Waals surface area contributed by atoms with Crippen molar-refractivity contribution in [2.45, 2.75) is 33.1 Å². The quantitative estimate of drug-likeness (QED) is 0.199. The van der Waals surface area contributed by atoms with Crippen molar-refractivity contribution >= 4 is 52.4 Å². The normalized spacial score (nSPS) is 28.7. The van der Waals surface area contributed by atoms with Gasteiger partial charge >= 0.3 is 0 Å². The number of halogens is 2. The number of fused-ring (bicyclic) bond motifs is 5. The molecule has 49 heavy (non-hydrogen) atoms. The van der Waals surface area contributed by atoms with E-state index in [0.29, 0.717) is 34.6 Å². The first-order valence-corrected chi connectivity index (χ1v) is 16.5. The zero-order valence-electron chi connectivity index (χ0n) is 26.5. The second kappa shape index (κ2) is 11.0. The molecule has 0 bridgehead atoms. The Hall–Kier alpha value is -5.09. The van der Waals surface area contributed by atoms with Crippen LogP contribution in [0.2, 0.25) is 5.02 Å². The van der Waals surface area contributed by atoms with Crippen LogP contribution < -0.4 is 14.5 Å². The Bertz CT molecular complexity index is 2090. The fourth-order valence-electron chi connectivity index (χ4n) is 8.82. The van der Waals surface area contributed by atoms with Crippen molar-refractivity contribution in [1.82, 2.24) is 0 Å². The largest absolute Gasteiger partial charge is 0.508 e. The minimum absolute atomic E-state index is 0.0481. The molecule has 3 aliphatic heterocycles. The fourth-order valence-corrected chi connectivity index (χ4v) is 8.99. The van der Waals surface area contributed by atoms with E-state index < -0.39 is 58.5 Å². The van der Waals surface area contributed by atoms with Crippen LogP contribution in [0, 0.1) is 40.8 Å². The second-order valence-corrected chi connectivity index (χ2v) is 14.1. The highest BCUT2D eigenvalue weighted by Crippen LogP contribution is 2.63. The molecule has 0 aromatic heterocycles. The van der Waals surface area contributed by atoms with Gasteiger partial charge in [0.2, 0.25) is 23.6 Å². The van der Waals surface area contributed by atoms with Crippen molar-refractivity contribution in [3.8, 4) is 11.5 Å². The maximum absolute atomic E-state index is 14.6. The van der Waals surface area contributed by atoms with Crippen molar-refractivity contribution in [1.29, 1.82) is 0 Å². The molecule has 248 valence electrons. The molecule has 2 saturated heterocycles. The number of carbonyl (C=O) groups excluding carboxylic acids is 5. The average molecular weight is 681 g/mol. The third kappa shape index (κ3) is 4.46. The van der Waals surface area contributed by atoms with Crippen LogP contribution in [-0.2, 0) is 25.6 Å². The van der Waals surface area contributed by atoms with Crippen LogP contribution in [0.5, 0.6) is 11.5 Å². The van der Waals surface area contributed by atoms with Gasteiger partial charge in [-0.15, -0.1) is 0 Å². The van der Waals surface area contributed by atoms with Gasteiger partial charge in [-0.25, -0.2) is 9.29 Å². The lowest BCUT2D eigenvalue weighted by Gasteiger charge is -2.49. The van der Waals surface area contributed by atoms with Gasteiger partial charge in [0.05, 0.1) is 45.8 Å². The number of anilines is 2. The summed E-state index contributed by atoms with van der Waals surface area (Å²) in [5.41, 5.74) is 1.79. The van der Waals surface area contributed by atoms with Crippen LogP contribution in [0.3, 0.4) is 0 Å². The lowest BCUT2D eigenvalue weighted by molar-refractivity contribution is -0.132. The summed E-state index contributed by atoms with van der Waals surface area (Å²) >= 11 is 6.09. The van der Waals surface area contributed by atoms with E-state index in [0.717, 1.165) is 16.5 Å². The van der Waals surface area contributed by atoms with Crippen LogP contribution >= 0.6 is 11.6 Å². The molecule has 8 rings (SSSR count). The lowest BCUT2D eigenvalue weighted by atomic mass is 9.51. The van der Waals surface area contributed by atoms with Crippen LogP contribution in [-0.4, -0.2) is 34.5 Å². The predicted molar refractivity (Wildman–Crippen MR) is 176 cm³/mol. The van der Waals surface area contributed by atoms with Gasteiger partial charge in [-0.1, -0.05) is 23.3 Å². The third-order valence-corrected chi connectivity index (χ3v) is 11.4. The minimum Gasteiger partial charge on any atom is -0.508 e. The van der Waals surface area contributed by atoms with Gasteiger partial charge in [0.25, 0.3) is 0 Å². The summed E-state index contributed by atoms with van der Waals surface area (Å²) in [6.07, 6.45) is 4.23. The molecule has 3 heterocycles. The van der Waals surface area contributed by atoms with E-state index >= 15 is 0 Å².